The fourth-order valence-electron chi connectivity index (χ4n) is 2.72. The van der Waals surface area contributed by atoms with Crippen LogP contribution in [0.2, 0.25) is 0 Å². The van der Waals surface area contributed by atoms with Crippen molar-refractivity contribution in [3.8, 4) is 5.75 Å². The van der Waals surface area contributed by atoms with E-state index < -0.39 is 23.6 Å². The molecular weight excluding hydrogens is 349 g/mol. The molecule has 0 unspecified atom stereocenters. The second kappa shape index (κ2) is 6.70. The van der Waals surface area contributed by atoms with Crippen LogP contribution < -0.4 is 10.1 Å². The van der Waals surface area contributed by atoms with E-state index in [-0.39, 0.29) is 24.6 Å². The number of carbonyl (C=O) groups excluding carboxylic acids is 2. The highest BCUT2D eigenvalue weighted by Crippen LogP contribution is 2.35. The molecule has 0 spiro atoms. The number of rotatable bonds is 5. The van der Waals surface area contributed by atoms with Crippen LogP contribution in [0.5, 0.6) is 5.75 Å². The molecule has 0 aliphatic carbocycles. The quantitative estimate of drug-likeness (QED) is 0.826. The van der Waals surface area contributed by atoms with Crippen molar-refractivity contribution in [3.05, 3.63) is 59.2 Å². The number of amides is 2. The van der Waals surface area contributed by atoms with Gasteiger partial charge in [-0.15, -0.1) is 0 Å². The second-order valence-electron chi connectivity index (χ2n) is 5.61. The lowest BCUT2D eigenvalue weighted by Crippen LogP contribution is -2.33. The predicted molar refractivity (Wildman–Crippen MR) is 88.3 cm³/mol. The number of ether oxygens (including phenoxy) is 1. The van der Waals surface area contributed by atoms with Crippen LogP contribution in [-0.4, -0.2) is 36.9 Å². The average molecular weight is 364 g/mol. The third kappa shape index (κ3) is 3.22. The van der Waals surface area contributed by atoms with E-state index in [4.69, 9.17) is 4.74 Å². The van der Waals surface area contributed by atoms with E-state index in [2.05, 4.69) is 5.32 Å². The average Bonchev–Trinajstić information content (AvgIpc) is 2.86. The largest absolute Gasteiger partial charge is 0.490 e. The summed E-state index contributed by atoms with van der Waals surface area (Å²) in [6.45, 7) is -0.0396. The van der Waals surface area contributed by atoms with Gasteiger partial charge in [-0.05, 0) is 30.3 Å². The van der Waals surface area contributed by atoms with Crippen LogP contribution in [0, 0.1) is 0 Å². The molecule has 0 saturated heterocycles. The molecule has 0 aromatic heterocycles. The molecule has 3 rings (SSSR count). The van der Waals surface area contributed by atoms with Gasteiger partial charge in [0, 0.05) is 7.05 Å². The number of imide groups is 1. The Morgan fingerprint density at radius 2 is 1.65 bits per heavy atom. The molecule has 1 heterocycles. The van der Waals surface area contributed by atoms with E-state index in [1.165, 1.54) is 13.1 Å². The van der Waals surface area contributed by atoms with E-state index in [1.54, 1.807) is 24.3 Å². The van der Waals surface area contributed by atoms with Gasteiger partial charge in [0.2, 0.25) is 0 Å². The van der Waals surface area contributed by atoms with Crippen molar-refractivity contribution < 1.29 is 27.5 Å². The highest BCUT2D eigenvalue weighted by molar-refractivity contribution is 6.21. The molecular formula is C18H15F3N2O3. The van der Waals surface area contributed by atoms with Crippen molar-refractivity contribution in [3.63, 3.8) is 0 Å². The first-order valence-electron chi connectivity index (χ1n) is 7.80. The molecule has 5 nitrogen and oxygen atoms in total. The molecule has 0 radical (unpaired) electrons. The monoisotopic (exact) mass is 364 g/mol. The van der Waals surface area contributed by atoms with Gasteiger partial charge in [0.05, 0.1) is 28.9 Å². The minimum absolute atomic E-state index is 0.00345. The molecule has 26 heavy (non-hydrogen) atoms. The highest BCUT2D eigenvalue weighted by Gasteiger charge is 2.35. The number of hydrogen-bond donors (Lipinski definition) is 1. The van der Waals surface area contributed by atoms with Crippen LogP contribution >= 0.6 is 0 Å². The van der Waals surface area contributed by atoms with E-state index in [1.807, 2.05) is 0 Å². The number of nitrogens with zero attached hydrogens (tertiary/aromatic N) is 1. The summed E-state index contributed by atoms with van der Waals surface area (Å²) in [6.07, 6.45) is -4.45. The van der Waals surface area contributed by atoms with Crippen LogP contribution in [0.1, 0.15) is 26.3 Å². The number of benzene rings is 2. The fourth-order valence-corrected chi connectivity index (χ4v) is 2.72. The predicted octanol–water partition coefficient (Wildman–Crippen LogP) is 3.42. The Bertz CT molecular complexity index is 830. The Labute approximate surface area is 147 Å². The van der Waals surface area contributed by atoms with E-state index in [0.717, 1.165) is 17.0 Å². The molecule has 0 bridgehead atoms. The molecule has 2 amide bonds. The highest BCUT2D eigenvalue weighted by atomic mass is 19.4. The first kappa shape index (κ1) is 17.8. The zero-order chi connectivity index (χ0) is 18.9. The molecule has 0 atom stereocenters. The fraction of sp³-hybridized carbons (Fsp3) is 0.222. The lowest BCUT2D eigenvalue weighted by atomic mass is 10.1. The van der Waals surface area contributed by atoms with Gasteiger partial charge in [-0.25, -0.2) is 0 Å². The number of carbonyl (C=O) groups is 2. The molecule has 1 N–H and O–H groups in total. The van der Waals surface area contributed by atoms with Gasteiger partial charge in [-0.3, -0.25) is 14.5 Å². The number of anilines is 1. The first-order chi connectivity index (χ1) is 12.3. The third-order valence-electron chi connectivity index (χ3n) is 4.03. The van der Waals surface area contributed by atoms with Crippen LogP contribution in [0.25, 0.3) is 0 Å². The lowest BCUT2D eigenvalue weighted by molar-refractivity contribution is -0.137. The number of fused-ring (bicyclic) bond motifs is 1. The van der Waals surface area contributed by atoms with E-state index in [0.29, 0.717) is 11.1 Å². The number of hydrogen-bond acceptors (Lipinski definition) is 4. The molecule has 8 heteroatoms. The second-order valence-corrected chi connectivity index (χ2v) is 5.61. The van der Waals surface area contributed by atoms with Gasteiger partial charge in [0.1, 0.15) is 12.4 Å². The van der Waals surface area contributed by atoms with Crippen molar-refractivity contribution in [1.29, 1.82) is 0 Å². The minimum Gasteiger partial charge on any atom is -0.490 e. The van der Waals surface area contributed by atoms with Gasteiger partial charge in [0.25, 0.3) is 11.8 Å². The van der Waals surface area contributed by atoms with Crippen LogP contribution in [0.15, 0.2) is 42.5 Å². The smallest absolute Gasteiger partial charge is 0.416 e. The summed E-state index contributed by atoms with van der Waals surface area (Å²) >= 11 is 0. The normalized spacial score (nSPS) is 13.8. The standard InChI is InChI=1S/C18H15F3N2O3/c1-22-14-10-11(18(19,20)21)6-7-15(14)26-9-8-23-16(24)12-4-2-3-5-13(12)17(23)25/h2-7,10,22H,8-9H2,1H3. The SMILES string of the molecule is CNc1cc(C(F)(F)F)ccc1OCCN1C(=O)c2ccccc2C1=O. The van der Waals surface area contributed by atoms with Gasteiger partial charge < -0.3 is 10.1 Å². The maximum absolute atomic E-state index is 12.8. The molecule has 1 aliphatic rings. The van der Waals surface area contributed by atoms with Crippen LogP contribution in [-0.2, 0) is 6.18 Å². The van der Waals surface area contributed by atoms with Crippen molar-refractivity contribution in [2.75, 3.05) is 25.5 Å². The summed E-state index contributed by atoms with van der Waals surface area (Å²) in [4.78, 5) is 25.5. The Hall–Kier alpha value is -3.03. The topological polar surface area (TPSA) is 58.6 Å². The minimum atomic E-state index is -4.45. The molecule has 2 aromatic carbocycles. The van der Waals surface area contributed by atoms with Crippen molar-refractivity contribution in [2.45, 2.75) is 6.18 Å². The number of alkyl halides is 3. The van der Waals surface area contributed by atoms with Gasteiger partial charge in [0.15, 0.2) is 0 Å². The molecule has 0 saturated carbocycles. The summed E-state index contributed by atoms with van der Waals surface area (Å²) in [5, 5.41) is 2.65. The van der Waals surface area contributed by atoms with Gasteiger partial charge in [-0.2, -0.15) is 13.2 Å². The Kier molecular flexibility index (Phi) is 4.58. The Morgan fingerprint density at radius 3 is 2.19 bits per heavy atom. The third-order valence-corrected chi connectivity index (χ3v) is 4.03. The zero-order valence-electron chi connectivity index (χ0n) is 13.8. The van der Waals surface area contributed by atoms with Crippen LogP contribution in [0.4, 0.5) is 18.9 Å². The first-order valence-corrected chi connectivity index (χ1v) is 7.80. The lowest BCUT2D eigenvalue weighted by Gasteiger charge is -2.17. The molecule has 136 valence electrons. The van der Waals surface area contributed by atoms with Crippen LogP contribution in [0.3, 0.4) is 0 Å². The van der Waals surface area contributed by atoms with Crippen molar-refractivity contribution in [2.24, 2.45) is 0 Å². The van der Waals surface area contributed by atoms with E-state index in [9.17, 15) is 22.8 Å². The summed E-state index contributed by atoms with van der Waals surface area (Å²) in [5.41, 5.74) is 0.0441. The maximum atomic E-state index is 12.8. The van der Waals surface area contributed by atoms with Gasteiger partial charge >= 0.3 is 6.18 Å². The summed E-state index contributed by atoms with van der Waals surface area (Å²) < 4.78 is 43.8. The van der Waals surface area contributed by atoms with E-state index >= 15 is 0 Å². The maximum Gasteiger partial charge on any atom is 0.416 e. The summed E-state index contributed by atoms with van der Waals surface area (Å²) in [7, 11) is 1.48. The number of halogens is 3. The molecule has 0 fully saturated rings. The number of nitrogens with one attached hydrogen (secondary N) is 1. The van der Waals surface area contributed by atoms with Crippen molar-refractivity contribution >= 4 is 17.5 Å². The van der Waals surface area contributed by atoms with Gasteiger partial charge in [-0.1, -0.05) is 12.1 Å². The Balaban J connectivity index is 1.68. The zero-order valence-corrected chi connectivity index (χ0v) is 13.8. The molecule has 2 aromatic rings. The molecule has 1 aliphatic heterocycles. The van der Waals surface area contributed by atoms with Crippen molar-refractivity contribution in [1.82, 2.24) is 4.90 Å². The summed E-state index contributed by atoms with van der Waals surface area (Å²) in [6, 6.07) is 9.56. The summed E-state index contributed by atoms with van der Waals surface area (Å²) in [5.74, 6) is -0.608. The Morgan fingerprint density at radius 1 is 1.04 bits per heavy atom.